The number of ether oxygens (including phenoxy) is 1. The van der Waals surface area contributed by atoms with Crippen LogP contribution in [0.25, 0.3) is 0 Å². The molecular formula is C5H10F3IO. The van der Waals surface area contributed by atoms with Gasteiger partial charge < -0.3 is 4.74 Å². The Kier molecular flexibility index (Phi) is 9.94. The standard InChI is InChI=1S/C4H10O.CF3I/c1-3-5-4-2;2-1(3,4)5/h3-4H2,1-2H3;. The Morgan fingerprint density at radius 2 is 1.40 bits per heavy atom. The molecule has 5 heteroatoms. The second kappa shape index (κ2) is 7.59. The summed E-state index contributed by atoms with van der Waals surface area (Å²) in [6, 6.07) is 0. The van der Waals surface area contributed by atoms with Crippen molar-refractivity contribution in [3.05, 3.63) is 0 Å². The summed E-state index contributed by atoms with van der Waals surface area (Å²) >= 11 is 0.378. The highest BCUT2D eigenvalue weighted by molar-refractivity contribution is 14.1. The van der Waals surface area contributed by atoms with E-state index in [1.54, 1.807) is 0 Å². The third-order valence-electron chi connectivity index (χ3n) is 0.408. The molecule has 0 atom stereocenters. The van der Waals surface area contributed by atoms with E-state index in [1.807, 2.05) is 13.8 Å². The fourth-order valence-corrected chi connectivity index (χ4v) is 0.204. The lowest BCUT2D eigenvalue weighted by Gasteiger charge is -1.86. The summed E-state index contributed by atoms with van der Waals surface area (Å²) in [7, 11) is 0. The van der Waals surface area contributed by atoms with Crippen molar-refractivity contribution < 1.29 is 17.9 Å². The minimum atomic E-state index is -4.03. The van der Waals surface area contributed by atoms with Gasteiger partial charge in [-0.1, -0.05) is 0 Å². The Bertz CT molecular complexity index is 56.4. The average molecular weight is 270 g/mol. The Balaban J connectivity index is 0. The van der Waals surface area contributed by atoms with Crippen molar-refractivity contribution in [3.63, 3.8) is 0 Å². The van der Waals surface area contributed by atoms with Gasteiger partial charge in [-0.05, 0) is 13.8 Å². The van der Waals surface area contributed by atoms with E-state index < -0.39 is 4.18 Å². The summed E-state index contributed by atoms with van der Waals surface area (Å²) in [5.41, 5.74) is 0. The van der Waals surface area contributed by atoms with E-state index in [1.165, 1.54) is 0 Å². The van der Waals surface area contributed by atoms with E-state index in [9.17, 15) is 13.2 Å². The smallest absolute Gasteiger partial charge is 0.382 e. The fourth-order valence-electron chi connectivity index (χ4n) is 0.204. The van der Waals surface area contributed by atoms with Crippen molar-refractivity contribution in [2.45, 2.75) is 18.0 Å². The van der Waals surface area contributed by atoms with E-state index in [4.69, 9.17) is 4.74 Å². The van der Waals surface area contributed by atoms with Crippen molar-refractivity contribution in [2.24, 2.45) is 0 Å². The quantitative estimate of drug-likeness (QED) is 0.553. The van der Waals surface area contributed by atoms with Crippen LogP contribution in [-0.2, 0) is 4.74 Å². The van der Waals surface area contributed by atoms with E-state index in [0.29, 0.717) is 22.6 Å². The lowest BCUT2D eigenvalue weighted by molar-refractivity contribution is -0.0125. The summed E-state index contributed by atoms with van der Waals surface area (Å²) in [6.45, 7) is 5.67. The Labute approximate surface area is 72.1 Å². The van der Waals surface area contributed by atoms with Gasteiger partial charge in [0.05, 0.1) is 0 Å². The van der Waals surface area contributed by atoms with Gasteiger partial charge in [0.1, 0.15) is 0 Å². The molecule has 0 aliphatic heterocycles. The van der Waals surface area contributed by atoms with E-state index in [0.717, 1.165) is 13.2 Å². The summed E-state index contributed by atoms with van der Waals surface area (Å²) in [4.78, 5) is 0. The van der Waals surface area contributed by atoms with Crippen LogP contribution < -0.4 is 0 Å². The SMILES string of the molecule is CCOCC.FC(F)(F)I. The maximum Gasteiger partial charge on any atom is 0.441 e. The molecule has 0 aliphatic carbocycles. The molecule has 0 saturated heterocycles. The maximum absolute atomic E-state index is 10.3. The van der Waals surface area contributed by atoms with Crippen LogP contribution in [0.2, 0.25) is 0 Å². The first kappa shape index (κ1) is 13.1. The molecule has 0 aromatic heterocycles. The number of halogens is 4. The van der Waals surface area contributed by atoms with Gasteiger partial charge in [0.2, 0.25) is 0 Å². The lowest BCUT2D eigenvalue weighted by atomic mass is 10.8. The van der Waals surface area contributed by atoms with E-state index in [2.05, 4.69) is 0 Å². The second-order valence-corrected chi connectivity index (χ2v) is 2.43. The molecule has 0 rings (SSSR count). The molecule has 0 heterocycles. The van der Waals surface area contributed by atoms with Crippen molar-refractivity contribution >= 4 is 22.6 Å². The predicted octanol–water partition coefficient (Wildman–Crippen LogP) is 2.98. The van der Waals surface area contributed by atoms with Gasteiger partial charge in [-0.15, -0.1) is 0 Å². The molecule has 10 heavy (non-hydrogen) atoms. The third kappa shape index (κ3) is 77.1. The number of rotatable bonds is 2. The van der Waals surface area contributed by atoms with Crippen LogP contribution in [0.1, 0.15) is 13.8 Å². The second-order valence-electron chi connectivity index (χ2n) is 1.21. The van der Waals surface area contributed by atoms with Gasteiger partial charge in [0.15, 0.2) is 0 Å². The van der Waals surface area contributed by atoms with Crippen molar-refractivity contribution in [1.82, 2.24) is 0 Å². The Hall–Kier alpha value is 0.480. The number of hydrogen-bond donors (Lipinski definition) is 0. The van der Waals surface area contributed by atoms with Crippen LogP contribution >= 0.6 is 22.6 Å². The molecule has 0 spiro atoms. The molecule has 0 bridgehead atoms. The largest absolute Gasteiger partial charge is 0.441 e. The molecule has 0 aliphatic rings. The predicted molar refractivity (Wildman–Crippen MR) is 42.2 cm³/mol. The summed E-state index contributed by atoms with van der Waals surface area (Å²) in [5, 5.41) is 0. The fraction of sp³-hybridized carbons (Fsp3) is 1.00. The van der Waals surface area contributed by atoms with Crippen LogP contribution in [0.4, 0.5) is 13.2 Å². The molecule has 0 unspecified atom stereocenters. The highest BCUT2D eigenvalue weighted by Gasteiger charge is 2.19. The summed E-state index contributed by atoms with van der Waals surface area (Å²) in [6.07, 6.45) is 0. The van der Waals surface area contributed by atoms with Crippen LogP contribution in [0.15, 0.2) is 0 Å². The van der Waals surface area contributed by atoms with Crippen LogP contribution in [0, 0.1) is 0 Å². The zero-order valence-electron chi connectivity index (χ0n) is 5.83. The normalized spacial score (nSPS) is 10.2. The zero-order valence-corrected chi connectivity index (χ0v) is 7.99. The monoisotopic (exact) mass is 270 g/mol. The molecule has 0 aromatic rings. The van der Waals surface area contributed by atoms with E-state index >= 15 is 0 Å². The first-order valence-electron chi connectivity index (χ1n) is 2.75. The molecule has 0 saturated carbocycles. The van der Waals surface area contributed by atoms with Gasteiger partial charge >= 0.3 is 4.18 Å². The van der Waals surface area contributed by atoms with Crippen molar-refractivity contribution in [1.29, 1.82) is 0 Å². The van der Waals surface area contributed by atoms with Gasteiger partial charge in [-0.25, -0.2) is 0 Å². The molecule has 0 radical (unpaired) electrons. The topological polar surface area (TPSA) is 9.23 Å². The summed E-state index contributed by atoms with van der Waals surface area (Å²) < 4.78 is 31.8. The van der Waals surface area contributed by atoms with Gasteiger partial charge in [-0.2, -0.15) is 13.2 Å². The highest BCUT2D eigenvalue weighted by atomic mass is 127. The molecule has 0 amide bonds. The number of hydrogen-bond acceptors (Lipinski definition) is 1. The first-order chi connectivity index (χ1) is 4.41. The Morgan fingerprint density at radius 3 is 1.40 bits per heavy atom. The van der Waals surface area contributed by atoms with Gasteiger partial charge in [-0.3, -0.25) is 0 Å². The minimum Gasteiger partial charge on any atom is -0.382 e. The van der Waals surface area contributed by atoms with Crippen molar-refractivity contribution in [3.8, 4) is 0 Å². The highest BCUT2D eigenvalue weighted by Crippen LogP contribution is 2.22. The minimum absolute atomic E-state index is 0.378. The molecule has 0 N–H and O–H groups in total. The average Bonchev–Trinajstić information content (AvgIpc) is 1.63. The molecular weight excluding hydrogens is 260 g/mol. The van der Waals surface area contributed by atoms with Crippen molar-refractivity contribution in [2.75, 3.05) is 13.2 Å². The third-order valence-corrected chi connectivity index (χ3v) is 0.408. The van der Waals surface area contributed by atoms with Gasteiger partial charge in [0.25, 0.3) is 0 Å². The Morgan fingerprint density at radius 1 is 1.20 bits per heavy atom. The molecule has 0 aromatic carbocycles. The lowest BCUT2D eigenvalue weighted by Crippen LogP contribution is -1.87. The maximum atomic E-state index is 10.3. The molecule has 0 fully saturated rings. The first-order valence-corrected chi connectivity index (χ1v) is 3.83. The number of alkyl halides is 4. The summed E-state index contributed by atoms with van der Waals surface area (Å²) in [5.74, 6) is 0. The van der Waals surface area contributed by atoms with Gasteiger partial charge in [0, 0.05) is 35.8 Å². The van der Waals surface area contributed by atoms with Crippen LogP contribution in [0.5, 0.6) is 0 Å². The zero-order chi connectivity index (χ0) is 8.62. The molecule has 1 nitrogen and oxygen atoms in total. The molecule has 64 valence electrons. The van der Waals surface area contributed by atoms with Crippen LogP contribution in [-0.4, -0.2) is 17.4 Å². The van der Waals surface area contributed by atoms with E-state index in [-0.39, 0.29) is 0 Å². The van der Waals surface area contributed by atoms with Crippen LogP contribution in [0.3, 0.4) is 0 Å².